The molecule has 1 aromatic heterocycles. The molecule has 20 heavy (non-hydrogen) atoms. The van der Waals surface area contributed by atoms with Crippen molar-refractivity contribution in [1.82, 2.24) is 0 Å². The molecule has 0 radical (unpaired) electrons. The second kappa shape index (κ2) is 5.90. The first-order chi connectivity index (χ1) is 9.51. The molecule has 0 bridgehead atoms. The van der Waals surface area contributed by atoms with Gasteiger partial charge in [-0.2, -0.15) is 5.26 Å². The van der Waals surface area contributed by atoms with E-state index in [1.807, 2.05) is 19.1 Å². The van der Waals surface area contributed by atoms with Crippen LogP contribution in [0.25, 0.3) is 0 Å². The van der Waals surface area contributed by atoms with Crippen molar-refractivity contribution in [2.45, 2.75) is 13.0 Å². The second-order valence-electron chi connectivity index (χ2n) is 4.11. The Hall–Kier alpha value is -2.10. The first-order valence-electron chi connectivity index (χ1n) is 5.71. The molecule has 5 nitrogen and oxygen atoms in total. The topological polar surface area (TPSA) is 79.0 Å². The Kier molecular flexibility index (Phi) is 4.23. The number of rotatable bonds is 4. The smallest absolute Gasteiger partial charge is 0.270 e. The van der Waals surface area contributed by atoms with E-state index in [-0.39, 0.29) is 17.3 Å². The van der Waals surface area contributed by atoms with Crippen molar-refractivity contribution in [3.63, 3.8) is 0 Å². The van der Waals surface area contributed by atoms with Crippen molar-refractivity contribution in [3.05, 3.63) is 55.2 Å². The summed E-state index contributed by atoms with van der Waals surface area (Å²) in [6.07, 6.45) is 0. The van der Waals surface area contributed by atoms with Gasteiger partial charge in [0.2, 0.25) is 0 Å². The van der Waals surface area contributed by atoms with E-state index in [1.54, 1.807) is 12.1 Å². The number of anilines is 1. The summed E-state index contributed by atoms with van der Waals surface area (Å²) in [7, 11) is 0. The van der Waals surface area contributed by atoms with Crippen molar-refractivity contribution in [2.24, 2.45) is 0 Å². The minimum Gasteiger partial charge on any atom is -0.377 e. The first-order valence-corrected chi connectivity index (χ1v) is 6.91. The van der Waals surface area contributed by atoms with E-state index in [0.29, 0.717) is 10.0 Å². The molecule has 102 valence electrons. The Morgan fingerprint density at radius 2 is 2.20 bits per heavy atom. The average molecular weight is 308 g/mol. The van der Waals surface area contributed by atoms with Gasteiger partial charge in [0.05, 0.1) is 26.6 Å². The lowest BCUT2D eigenvalue weighted by molar-refractivity contribution is -0.384. The molecule has 0 aliphatic rings. The van der Waals surface area contributed by atoms with E-state index >= 15 is 0 Å². The fraction of sp³-hybridized carbons (Fsp3) is 0.154. The number of non-ortho nitro benzene ring substituents is 1. The Morgan fingerprint density at radius 3 is 2.75 bits per heavy atom. The highest BCUT2D eigenvalue weighted by Crippen LogP contribution is 2.30. The van der Waals surface area contributed by atoms with Crippen molar-refractivity contribution >= 4 is 34.3 Å². The van der Waals surface area contributed by atoms with E-state index < -0.39 is 4.92 Å². The van der Waals surface area contributed by atoms with Crippen molar-refractivity contribution in [3.8, 4) is 6.07 Å². The number of halogens is 1. The van der Waals surface area contributed by atoms with Gasteiger partial charge in [-0.25, -0.2) is 0 Å². The summed E-state index contributed by atoms with van der Waals surface area (Å²) in [6.45, 7) is 1.94. The van der Waals surface area contributed by atoms with Crippen LogP contribution in [0.4, 0.5) is 11.4 Å². The Bertz CT molecular complexity index is 693. The van der Waals surface area contributed by atoms with Crippen LogP contribution in [-0.4, -0.2) is 4.92 Å². The molecule has 1 heterocycles. The van der Waals surface area contributed by atoms with Crippen LogP contribution >= 0.6 is 22.9 Å². The summed E-state index contributed by atoms with van der Waals surface area (Å²) in [5.74, 6) is 0. The number of nitriles is 1. The van der Waals surface area contributed by atoms with Crippen molar-refractivity contribution < 1.29 is 4.92 Å². The van der Waals surface area contributed by atoms with E-state index in [0.717, 1.165) is 4.88 Å². The van der Waals surface area contributed by atoms with Crippen LogP contribution in [0.5, 0.6) is 0 Å². The van der Waals surface area contributed by atoms with Gasteiger partial charge < -0.3 is 5.32 Å². The highest BCUT2D eigenvalue weighted by atomic mass is 35.5. The quantitative estimate of drug-likeness (QED) is 0.672. The fourth-order valence-electron chi connectivity index (χ4n) is 1.73. The predicted molar refractivity (Wildman–Crippen MR) is 79.2 cm³/mol. The molecule has 0 saturated carbocycles. The number of nitro benzene ring substituents is 1. The molecule has 1 N–H and O–H groups in total. The first kappa shape index (κ1) is 14.3. The minimum absolute atomic E-state index is 0.0407. The molecule has 0 amide bonds. The van der Waals surface area contributed by atoms with Gasteiger partial charge in [-0.15, -0.1) is 11.3 Å². The van der Waals surface area contributed by atoms with E-state index in [1.165, 1.54) is 23.5 Å². The second-order valence-corrected chi connectivity index (χ2v) is 5.85. The third-order valence-corrected chi connectivity index (χ3v) is 4.14. The average Bonchev–Trinajstić information content (AvgIpc) is 2.85. The van der Waals surface area contributed by atoms with E-state index in [4.69, 9.17) is 16.9 Å². The van der Waals surface area contributed by atoms with Crippen LogP contribution in [-0.2, 0) is 0 Å². The number of hydrogen-bond donors (Lipinski definition) is 1. The van der Waals surface area contributed by atoms with Crippen molar-refractivity contribution in [2.75, 3.05) is 5.32 Å². The van der Waals surface area contributed by atoms with E-state index in [2.05, 4.69) is 5.32 Å². The zero-order valence-corrected chi connectivity index (χ0v) is 12.0. The lowest BCUT2D eigenvalue weighted by atomic mass is 10.1. The Labute approximate surface area is 124 Å². The van der Waals surface area contributed by atoms with Gasteiger partial charge in [-0.05, 0) is 25.1 Å². The Morgan fingerprint density at radius 1 is 1.45 bits per heavy atom. The molecule has 1 aromatic carbocycles. The van der Waals surface area contributed by atoms with Gasteiger partial charge >= 0.3 is 0 Å². The fourth-order valence-corrected chi connectivity index (χ4v) is 2.79. The largest absolute Gasteiger partial charge is 0.377 e. The standard InChI is InChI=1S/C13H10ClN3O2S/c1-8(12-4-5-13(14)20-12)16-11-3-2-10(17(18)19)6-9(11)7-15/h2-6,8,16H,1H3. The monoisotopic (exact) mass is 307 g/mol. The maximum atomic E-state index is 10.7. The number of nitrogens with zero attached hydrogens (tertiary/aromatic N) is 2. The van der Waals surface area contributed by atoms with Crippen LogP contribution in [0.15, 0.2) is 30.3 Å². The predicted octanol–water partition coefficient (Wildman–Crippen LogP) is 4.35. The van der Waals surface area contributed by atoms with Gasteiger partial charge in [0.15, 0.2) is 0 Å². The van der Waals surface area contributed by atoms with Gasteiger partial charge in [0.1, 0.15) is 6.07 Å². The molecule has 1 atom stereocenters. The normalized spacial score (nSPS) is 11.7. The van der Waals surface area contributed by atoms with Gasteiger partial charge in [0, 0.05) is 17.0 Å². The van der Waals surface area contributed by atoms with Crippen LogP contribution in [0.1, 0.15) is 23.4 Å². The minimum atomic E-state index is -0.521. The number of nitro groups is 1. The molecule has 2 rings (SSSR count). The molecule has 0 aliphatic carbocycles. The summed E-state index contributed by atoms with van der Waals surface area (Å²) in [4.78, 5) is 11.2. The molecule has 2 aromatic rings. The zero-order valence-electron chi connectivity index (χ0n) is 10.5. The van der Waals surface area contributed by atoms with E-state index in [9.17, 15) is 10.1 Å². The third kappa shape index (κ3) is 3.07. The van der Waals surface area contributed by atoms with Crippen LogP contribution in [0, 0.1) is 21.4 Å². The molecular weight excluding hydrogens is 298 g/mol. The molecule has 0 spiro atoms. The highest BCUT2D eigenvalue weighted by molar-refractivity contribution is 7.16. The van der Waals surface area contributed by atoms with Crippen molar-refractivity contribution in [1.29, 1.82) is 5.26 Å². The van der Waals surface area contributed by atoms with Crippen LogP contribution in [0.2, 0.25) is 4.34 Å². The molecular formula is C13H10ClN3O2S. The number of benzene rings is 1. The molecule has 7 heteroatoms. The van der Waals surface area contributed by atoms with Crippen LogP contribution < -0.4 is 5.32 Å². The maximum Gasteiger partial charge on any atom is 0.270 e. The van der Waals surface area contributed by atoms with Gasteiger partial charge in [0.25, 0.3) is 5.69 Å². The molecule has 0 fully saturated rings. The summed E-state index contributed by atoms with van der Waals surface area (Å²) < 4.78 is 0.692. The van der Waals surface area contributed by atoms with Crippen LogP contribution in [0.3, 0.4) is 0 Å². The summed E-state index contributed by atoms with van der Waals surface area (Å²) in [6, 6.07) is 9.81. The summed E-state index contributed by atoms with van der Waals surface area (Å²) >= 11 is 7.33. The molecule has 0 saturated heterocycles. The van der Waals surface area contributed by atoms with Gasteiger partial charge in [-0.3, -0.25) is 10.1 Å². The maximum absolute atomic E-state index is 10.7. The third-order valence-electron chi connectivity index (χ3n) is 2.73. The molecule has 0 aliphatic heterocycles. The number of thiophene rings is 1. The Balaban J connectivity index is 2.25. The number of nitrogens with one attached hydrogen (secondary N) is 1. The summed E-state index contributed by atoms with van der Waals surface area (Å²) in [5, 5.41) is 22.9. The van der Waals surface area contributed by atoms with Gasteiger partial charge in [-0.1, -0.05) is 11.6 Å². The molecule has 1 unspecified atom stereocenters. The zero-order chi connectivity index (χ0) is 14.7. The lowest BCUT2D eigenvalue weighted by Crippen LogP contribution is -2.06. The number of hydrogen-bond acceptors (Lipinski definition) is 5. The SMILES string of the molecule is CC(Nc1ccc([N+](=O)[O-])cc1C#N)c1ccc(Cl)s1. The lowest BCUT2D eigenvalue weighted by Gasteiger charge is -2.14. The summed E-state index contributed by atoms with van der Waals surface area (Å²) in [5.41, 5.74) is 0.711. The highest BCUT2D eigenvalue weighted by Gasteiger charge is 2.14.